The zero-order valence-electron chi connectivity index (χ0n) is 11.7. The summed E-state index contributed by atoms with van der Waals surface area (Å²) in [5.41, 5.74) is 6.05. The van der Waals surface area contributed by atoms with Gasteiger partial charge in [0.2, 0.25) is 11.7 Å². The van der Waals surface area contributed by atoms with Crippen molar-refractivity contribution in [2.24, 2.45) is 11.1 Å². The summed E-state index contributed by atoms with van der Waals surface area (Å²) in [7, 11) is 0. The average molecular weight is 394 g/mol. The predicted molar refractivity (Wildman–Crippen MR) is 89.6 cm³/mol. The average Bonchev–Trinajstić information content (AvgIpc) is 3.12. The van der Waals surface area contributed by atoms with Gasteiger partial charge in [0, 0.05) is 16.4 Å². The van der Waals surface area contributed by atoms with Crippen LogP contribution < -0.4 is 5.73 Å². The number of nitrogens with zero attached hydrogens (tertiary/aromatic N) is 3. The van der Waals surface area contributed by atoms with Gasteiger partial charge in [0.05, 0.1) is 11.4 Å². The maximum Gasteiger partial charge on any atom is 0.241 e. The highest BCUT2D eigenvalue weighted by Gasteiger charge is 2.33. The number of thiophene rings is 1. The molecule has 1 atom stereocenters. The zero-order chi connectivity index (χ0) is 14.2. The van der Waals surface area contributed by atoms with E-state index in [1.807, 2.05) is 11.4 Å². The topological polar surface area (TPSA) is 68.2 Å². The van der Waals surface area contributed by atoms with Crippen LogP contribution >= 0.6 is 39.7 Å². The molecule has 8 heteroatoms. The Hall–Kier alpha value is -0.470. The molecule has 0 spiro atoms. The molecule has 0 amide bonds. The van der Waals surface area contributed by atoms with Gasteiger partial charge in [-0.25, -0.2) is 0 Å². The van der Waals surface area contributed by atoms with E-state index in [-0.39, 0.29) is 17.8 Å². The maximum absolute atomic E-state index is 5.82. The Kier molecular flexibility index (Phi) is 5.43. The maximum atomic E-state index is 5.82. The van der Waals surface area contributed by atoms with Crippen molar-refractivity contribution in [1.82, 2.24) is 15.0 Å². The first-order valence-electron chi connectivity index (χ1n) is 6.57. The Balaban J connectivity index is 0.00000161. The smallest absolute Gasteiger partial charge is 0.241 e. The van der Waals surface area contributed by atoms with Gasteiger partial charge in [0.25, 0.3) is 0 Å². The highest BCUT2D eigenvalue weighted by molar-refractivity contribution is 9.10. The standard InChI is InChI=1S/C13H17BrN4OS.ClH/c1-13(7-15)2-3-18(8-13)5-11-16-12(17-19-11)10-4-9(14)6-20-10;/h4,6H,2-3,5,7-8,15H2,1H3;1H. The molecule has 2 aromatic heterocycles. The lowest BCUT2D eigenvalue weighted by Gasteiger charge is -2.21. The number of hydrogen-bond acceptors (Lipinski definition) is 6. The second-order valence-corrected chi connectivity index (χ2v) is 7.44. The van der Waals surface area contributed by atoms with E-state index >= 15 is 0 Å². The van der Waals surface area contributed by atoms with E-state index in [9.17, 15) is 0 Å². The number of halogens is 2. The molecular formula is C13H18BrClN4OS. The molecular weight excluding hydrogens is 376 g/mol. The molecule has 0 aliphatic carbocycles. The van der Waals surface area contributed by atoms with Crippen molar-refractivity contribution in [1.29, 1.82) is 0 Å². The molecule has 1 fully saturated rings. The molecule has 0 radical (unpaired) electrons. The highest BCUT2D eigenvalue weighted by Crippen LogP contribution is 2.30. The van der Waals surface area contributed by atoms with Crippen LogP contribution in [0.5, 0.6) is 0 Å². The van der Waals surface area contributed by atoms with Crippen LogP contribution in [0.4, 0.5) is 0 Å². The molecule has 2 aromatic rings. The van der Waals surface area contributed by atoms with Crippen LogP contribution in [-0.2, 0) is 6.54 Å². The molecule has 0 saturated carbocycles. The van der Waals surface area contributed by atoms with Crippen LogP contribution in [-0.4, -0.2) is 34.7 Å². The first kappa shape index (κ1) is 16.9. The van der Waals surface area contributed by atoms with Gasteiger partial charge < -0.3 is 10.3 Å². The van der Waals surface area contributed by atoms with Crippen LogP contribution in [0.3, 0.4) is 0 Å². The lowest BCUT2D eigenvalue weighted by molar-refractivity contribution is 0.239. The van der Waals surface area contributed by atoms with Crippen LogP contribution in [0.25, 0.3) is 10.7 Å². The van der Waals surface area contributed by atoms with E-state index < -0.39 is 0 Å². The molecule has 5 nitrogen and oxygen atoms in total. The largest absolute Gasteiger partial charge is 0.338 e. The van der Waals surface area contributed by atoms with Gasteiger partial charge in [-0.1, -0.05) is 12.1 Å². The molecule has 3 rings (SSSR count). The summed E-state index contributed by atoms with van der Waals surface area (Å²) in [4.78, 5) is 7.81. The number of likely N-dealkylation sites (tertiary alicyclic amines) is 1. The van der Waals surface area contributed by atoms with Crippen LogP contribution in [0, 0.1) is 5.41 Å². The number of rotatable bonds is 4. The van der Waals surface area contributed by atoms with E-state index in [0.717, 1.165) is 35.4 Å². The fraction of sp³-hybridized carbons (Fsp3) is 0.538. The molecule has 1 aliphatic rings. The first-order chi connectivity index (χ1) is 9.58. The predicted octanol–water partition coefficient (Wildman–Crippen LogP) is 3.15. The Bertz CT molecular complexity index is 605. The SMILES string of the molecule is CC1(CN)CCN(Cc2nc(-c3cc(Br)cs3)no2)C1.Cl. The van der Waals surface area contributed by atoms with E-state index in [0.29, 0.717) is 18.3 Å². The Morgan fingerprint density at radius 3 is 3.00 bits per heavy atom. The molecule has 2 N–H and O–H groups in total. The van der Waals surface area contributed by atoms with Gasteiger partial charge in [-0.2, -0.15) is 4.98 Å². The van der Waals surface area contributed by atoms with Gasteiger partial charge in [-0.3, -0.25) is 4.90 Å². The third kappa shape index (κ3) is 3.84. The normalized spacial score (nSPS) is 22.4. The molecule has 21 heavy (non-hydrogen) atoms. The lowest BCUT2D eigenvalue weighted by atomic mass is 9.90. The van der Waals surface area contributed by atoms with Gasteiger partial charge in [-0.05, 0) is 46.9 Å². The van der Waals surface area contributed by atoms with Gasteiger partial charge in [0.1, 0.15) is 0 Å². The molecule has 1 saturated heterocycles. The monoisotopic (exact) mass is 392 g/mol. The summed E-state index contributed by atoms with van der Waals surface area (Å²) in [6.45, 7) is 5.69. The van der Waals surface area contributed by atoms with Gasteiger partial charge in [0.15, 0.2) is 0 Å². The van der Waals surface area contributed by atoms with Crippen molar-refractivity contribution in [3.05, 3.63) is 21.8 Å². The molecule has 1 unspecified atom stereocenters. The lowest BCUT2D eigenvalue weighted by Crippen LogP contribution is -2.31. The highest BCUT2D eigenvalue weighted by atomic mass is 79.9. The molecule has 116 valence electrons. The van der Waals surface area contributed by atoms with E-state index in [1.165, 1.54) is 0 Å². The summed E-state index contributed by atoms with van der Waals surface area (Å²) in [6, 6.07) is 2.00. The second-order valence-electron chi connectivity index (χ2n) is 5.62. The second kappa shape index (κ2) is 6.75. The Morgan fingerprint density at radius 1 is 1.57 bits per heavy atom. The third-order valence-electron chi connectivity index (χ3n) is 3.74. The minimum atomic E-state index is 0. The van der Waals surface area contributed by atoms with Crippen LogP contribution in [0.1, 0.15) is 19.2 Å². The van der Waals surface area contributed by atoms with Crippen molar-refractivity contribution < 1.29 is 4.52 Å². The molecule has 0 aromatic carbocycles. The molecule has 3 heterocycles. The van der Waals surface area contributed by atoms with Crippen molar-refractivity contribution in [2.45, 2.75) is 19.9 Å². The third-order valence-corrected chi connectivity index (χ3v) is 5.43. The quantitative estimate of drug-likeness (QED) is 0.864. The molecule has 0 bridgehead atoms. The van der Waals surface area contributed by atoms with Crippen molar-refractivity contribution >= 4 is 39.7 Å². The molecule has 1 aliphatic heterocycles. The fourth-order valence-electron chi connectivity index (χ4n) is 2.47. The van der Waals surface area contributed by atoms with Crippen molar-refractivity contribution in [3.8, 4) is 10.7 Å². The fourth-order valence-corrected chi connectivity index (χ4v) is 3.82. The van der Waals surface area contributed by atoms with E-state index in [1.54, 1.807) is 11.3 Å². The van der Waals surface area contributed by atoms with Gasteiger partial charge >= 0.3 is 0 Å². The van der Waals surface area contributed by atoms with E-state index in [2.05, 4.69) is 37.9 Å². The first-order valence-corrected chi connectivity index (χ1v) is 8.25. The summed E-state index contributed by atoms with van der Waals surface area (Å²) >= 11 is 5.03. The summed E-state index contributed by atoms with van der Waals surface area (Å²) in [5, 5.41) is 6.06. The number of hydrogen-bond donors (Lipinski definition) is 1. The van der Waals surface area contributed by atoms with Crippen LogP contribution in [0.2, 0.25) is 0 Å². The summed E-state index contributed by atoms with van der Waals surface area (Å²) in [5.74, 6) is 1.34. The van der Waals surface area contributed by atoms with Gasteiger partial charge in [-0.15, -0.1) is 23.7 Å². The Morgan fingerprint density at radius 2 is 2.38 bits per heavy atom. The van der Waals surface area contributed by atoms with Crippen molar-refractivity contribution in [2.75, 3.05) is 19.6 Å². The van der Waals surface area contributed by atoms with Crippen molar-refractivity contribution in [3.63, 3.8) is 0 Å². The Labute approximate surface area is 142 Å². The number of aromatic nitrogens is 2. The minimum Gasteiger partial charge on any atom is -0.338 e. The summed E-state index contributed by atoms with van der Waals surface area (Å²) in [6.07, 6.45) is 1.13. The minimum absolute atomic E-state index is 0. The van der Waals surface area contributed by atoms with Crippen LogP contribution in [0.15, 0.2) is 20.4 Å². The number of nitrogens with two attached hydrogens (primary N) is 1. The zero-order valence-corrected chi connectivity index (χ0v) is 14.9. The van der Waals surface area contributed by atoms with E-state index in [4.69, 9.17) is 10.3 Å². The summed E-state index contributed by atoms with van der Waals surface area (Å²) < 4.78 is 6.39.